The van der Waals surface area contributed by atoms with Gasteiger partial charge in [0.25, 0.3) is 0 Å². The average molecular weight is 241 g/mol. The summed E-state index contributed by atoms with van der Waals surface area (Å²) in [6, 6.07) is 6.07. The van der Waals surface area contributed by atoms with Crippen molar-refractivity contribution in [1.29, 1.82) is 0 Å². The predicted octanol–water partition coefficient (Wildman–Crippen LogP) is 1.22. The molecule has 1 aromatic rings. The summed E-state index contributed by atoms with van der Waals surface area (Å²) in [4.78, 5) is 0. The van der Waals surface area contributed by atoms with Crippen molar-refractivity contribution < 1.29 is 8.42 Å². The highest BCUT2D eigenvalue weighted by atomic mass is 32.2. The molecule has 0 bridgehead atoms. The van der Waals surface area contributed by atoms with Gasteiger partial charge in [-0.2, -0.15) is 0 Å². The van der Waals surface area contributed by atoms with Gasteiger partial charge < -0.3 is 5.73 Å². The molecule has 0 radical (unpaired) electrons. The van der Waals surface area contributed by atoms with Gasteiger partial charge >= 0.3 is 0 Å². The van der Waals surface area contributed by atoms with E-state index in [9.17, 15) is 8.42 Å². The molecule has 0 aliphatic carbocycles. The van der Waals surface area contributed by atoms with Gasteiger partial charge in [0.1, 0.15) is 0 Å². The highest BCUT2D eigenvalue weighted by molar-refractivity contribution is 7.91. The number of sulfone groups is 1. The van der Waals surface area contributed by atoms with E-state index in [4.69, 9.17) is 5.73 Å². The molecule has 0 aliphatic heterocycles. The molecule has 16 heavy (non-hydrogen) atoms. The van der Waals surface area contributed by atoms with Gasteiger partial charge in [0, 0.05) is 12.8 Å². The standard InChI is InChI=1S/C12H19NO2S/c1-9-4-5-10(2)11(6-9)7-12(8-13)16(3,14)15/h4-6,12H,7-8,13H2,1-3H3. The maximum atomic E-state index is 11.5. The number of hydrogen-bond donors (Lipinski definition) is 1. The lowest BCUT2D eigenvalue weighted by atomic mass is 10.0. The smallest absolute Gasteiger partial charge is 0.151 e. The molecule has 2 N–H and O–H groups in total. The maximum Gasteiger partial charge on any atom is 0.151 e. The Balaban J connectivity index is 2.99. The first kappa shape index (κ1) is 13.2. The topological polar surface area (TPSA) is 60.2 Å². The Hall–Kier alpha value is -0.870. The van der Waals surface area contributed by atoms with E-state index in [2.05, 4.69) is 0 Å². The molecule has 3 nitrogen and oxygen atoms in total. The van der Waals surface area contributed by atoms with E-state index < -0.39 is 15.1 Å². The van der Waals surface area contributed by atoms with E-state index in [0.717, 1.165) is 16.7 Å². The van der Waals surface area contributed by atoms with Crippen LogP contribution in [0.15, 0.2) is 18.2 Å². The zero-order valence-electron chi connectivity index (χ0n) is 10.0. The fourth-order valence-electron chi connectivity index (χ4n) is 1.67. The molecule has 0 heterocycles. The van der Waals surface area contributed by atoms with Crippen LogP contribution in [0.2, 0.25) is 0 Å². The first-order valence-electron chi connectivity index (χ1n) is 5.29. The number of rotatable bonds is 4. The highest BCUT2D eigenvalue weighted by Gasteiger charge is 2.20. The molecule has 1 atom stereocenters. The molecule has 0 saturated carbocycles. The zero-order chi connectivity index (χ0) is 12.3. The van der Waals surface area contributed by atoms with Gasteiger partial charge in [-0.1, -0.05) is 23.8 Å². The van der Waals surface area contributed by atoms with Crippen LogP contribution in [0.5, 0.6) is 0 Å². The third-order valence-corrected chi connectivity index (χ3v) is 4.39. The molecule has 4 heteroatoms. The summed E-state index contributed by atoms with van der Waals surface area (Å²) in [5.41, 5.74) is 8.85. The second-order valence-electron chi connectivity index (χ2n) is 4.32. The number of hydrogen-bond acceptors (Lipinski definition) is 3. The van der Waals surface area contributed by atoms with E-state index >= 15 is 0 Å². The van der Waals surface area contributed by atoms with Crippen LogP contribution in [0.1, 0.15) is 16.7 Å². The number of benzene rings is 1. The van der Waals surface area contributed by atoms with Crippen LogP contribution in [-0.2, 0) is 16.3 Å². The molecule has 0 saturated heterocycles. The Bertz CT molecular complexity index is 466. The summed E-state index contributed by atoms with van der Waals surface area (Å²) in [6.45, 7) is 4.16. The summed E-state index contributed by atoms with van der Waals surface area (Å²) >= 11 is 0. The van der Waals surface area contributed by atoms with Crippen LogP contribution in [0.3, 0.4) is 0 Å². The average Bonchev–Trinajstić information content (AvgIpc) is 2.17. The summed E-state index contributed by atoms with van der Waals surface area (Å²) < 4.78 is 23.0. The third kappa shape index (κ3) is 3.32. The molecular formula is C12H19NO2S. The second kappa shape index (κ2) is 4.97. The van der Waals surface area contributed by atoms with E-state index in [0.29, 0.717) is 6.42 Å². The van der Waals surface area contributed by atoms with E-state index in [-0.39, 0.29) is 6.54 Å². The van der Waals surface area contributed by atoms with Crippen LogP contribution >= 0.6 is 0 Å². The minimum atomic E-state index is -3.07. The minimum Gasteiger partial charge on any atom is -0.329 e. The SMILES string of the molecule is Cc1ccc(C)c(CC(CN)S(C)(=O)=O)c1. The fraction of sp³-hybridized carbons (Fsp3) is 0.500. The number of aryl methyl sites for hydroxylation is 2. The van der Waals surface area contributed by atoms with E-state index in [1.807, 2.05) is 32.0 Å². The van der Waals surface area contributed by atoms with Crippen molar-refractivity contribution in [2.45, 2.75) is 25.5 Å². The Labute approximate surface area is 97.6 Å². The Morgan fingerprint density at radius 2 is 1.94 bits per heavy atom. The van der Waals surface area contributed by atoms with Crippen LogP contribution in [0.25, 0.3) is 0 Å². The van der Waals surface area contributed by atoms with Crippen molar-refractivity contribution in [2.24, 2.45) is 5.73 Å². The van der Waals surface area contributed by atoms with Crippen LogP contribution in [0.4, 0.5) is 0 Å². The lowest BCUT2D eigenvalue weighted by Crippen LogP contribution is -2.31. The molecule has 1 aromatic carbocycles. The first-order chi connectivity index (χ1) is 7.34. The molecule has 0 amide bonds. The van der Waals surface area contributed by atoms with E-state index in [1.165, 1.54) is 6.26 Å². The van der Waals surface area contributed by atoms with Gasteiger partial charge in [-0.15, -0.1) is 0 Å². The third-order valence-electron chi connectivity index (χ3n) is 2.82. The van der Waals surface area contributed by atoms with Crippen LogP contribution in [0, 0.1) is 13.8 Å². The summed E-state index contributed by atoms with van der Waals surface area (Å²) in [6.07, 6.45) is 1.75. The van der Waals surface area contributed by atoms with Gasteiger partial charge in [-0.3, -0.25) is 0 Å². The van der Waals surface area contributed by atoms with Crippen molar-refractivity contribution in [2.75, 3.05) is 12.8 Å². The van der Waals surface area contributed by atoms with Crippen molar-refractivity contribution in [3.63, 3.8) is 0 Å². The Morgan fingerprint density at radius 1 is 1.31 bits per heavy atom. The maximum absolute atomic E-state index is 11.5. The second-order valence-corrected chi connectivity index (χ2v) is 6.65. The molecule has 0 aliphatic rings. The Kier molecular flexibility index (Phi) is 4.10. The van der Waals surface area contributed by atoms with Gasteiger partial charge in [-0.25, -0.2) is 8.42 Å². The summed E-state index contributed by atoms with van der Waals surface area (Å²) in [5, 5.41) is -0.479. The molecule has 0 fully saturated rings. The Morgan fingerprint density at radius 3 is 2.44 bits per heavy atom. The lowest BCUT2D eigenvalue weighted by molar-refractivity contribution is 0.584. The highest BCUT2D eigenvalue weighted by Crippen LogP contribution is 2.15. The van der Waals surface area contributed by atoms with Crippen LogP contribution < -0.4 is 5.73 Å². The van der Waals surface area contributed by atoms with E-state index in [1.54, 1.807) is 0 Å². The van der Waals surface area contributed by atoms with Crippen molar-refractivity contribution in [3.05, 3.63) is 34.9 Å². The van der Waals surface area contributed by atoms with Crippen molar-refractivity contribution in [3.8, 4) is 0 Å². The molecule has 0 spiro atoms. The molecular weight excluding hydrogens is 222 g/mol. The molecule has 1 unspecified atom stereocenters. The van der Waals surface area contributed by atoms with Crippen molar-refractivity contribution in [1.82, 2.24) is 0 Å². The van der Waals surface area contributed by atoms with Gasteiger partial charge in [0.15, 0.2) is 9.84 Å². The predicted molar refractivity (Wildman–Crippen MR) is 67.3 cm³/mol. The summed E-state index contributed by atoms with van der Waals surface area (Å²) in [5.74, 6) is 0. The molecule has 90 valence electrons. The lowest BCUT2D eigenvalue weighted by Gasteiger charge is -2.14. The van der Waals surface area contributed by atoms with Gasteiger partial charge in [0.2, 0.25) is 0 Å². The molecule has 0 aromatic heterocycles. The monoisotopic (exact) mass is 241 g/mol. The fourth-order valence-corrected chi connectivity index (χ4v) is 2.51. The van der Waals surface area contributed by atoms with Gasteiger partial charge in [0.05, 0.1) is 5.25 Å². The normalized spacial score (nSPS) is 13.8. The van der Waals surface area contributed by atoms with Gasteiger partial charge in [-0.05, 0) is 31.4 Å². The zero-order valence-corrected chi connectivity index (χ0v) is 10.8. The van der Waals surface area contributed by atoms with Crippen molar-refractivity contribution >= 4 is 9.84 Å². The molecule has 1 rings (SSSR count). The first-order valence-corrected chi connectivity index (χ1v) is 7.25. The summed E-state index contributed by atoms with van der Waals surface area (Å²) in [7, 11) is -3.07. The number of nitrogens with two attached hydrogens (primary N) is 1. The van der Waals surface area contributed by atoms with Crippen LogP contribution in [-0.4, -0.2) is 26.5 Å². The quantitative estimate of drug-likeness (QED) is 0.862. The largest absolute Gasteiger partial charge is 0.329 e. The minimum absolute atomic E-state index is 0.173.